The molecule has 0 radical (unpaired) electrons. The normalized spacial score (nSPS) is 22.5. The molecule has 2 aromatic rings. The van der Waals surface area contributed by atoms with Crippen molar-refractivity contribution in [3.8, 4) is 0 Å². The number of hydrogen-bond acceptors (Lipinski definition) is 1. The molecule has 3 nitrogen and oxygen atoms in total. The molecule has 1 unspecified atom stereocenters. The molecule has 1 aliphatic rings. The quantitative estimate of drug-likeness (QED) is 0.741. The maximum absolute atomic E-state index is 12.5. The average molecular weight is 244 g/mol. The Morgan fingerprint density at radius 3 is 2.71 bits per heavy atom. The van der Waals surface area contributed by atoms with Crippen molar-refractivity contribution < 1.29 is 4.21 Å². The van der Waals surface area contributed by atoms with Gasteiger partial charge in [-0.3, -0.25) is 0 Å². The van der Waals surface area contributed by atoms with Crippen molar-refractivity contribution in [1.29, 1.82) is 0 Å². The fraction of sp³-hybridized carbons (Fsp3) is 0. The van der Waals surface area contributed by atoms with Crippen molar-refractivity contribution in [2.24, 2.45) is 0 Å². The van der Waals surface area contributed by atoms with Crippen molar-refractivity contribution in [2.45, 2.75) is 4.90 Å². The summed E-state index contributed by atoms with van der Waals surface area (Å²) in [5, 5.41) is 0. The van der Waals surface area contributed by atoms with Crippen LogP contribution in [0.2, 0.25) is 0 Å². The molecular formula is C13H12N2OS. The van der Waals surface area contributed by atoms with E-state index in [0.29, 0.717) is 0 Å². The van der Waals surface area contributed by atoms with Gasteiger partial charge in [0.1, 0.15) is 0 Å². The minimum absolute atomic E-state index is 0.760. The van der Waals surface area contributed by atoms with Gasteiger partial charge in [-0.25, -0.2) is 4.21 Å². The first-order valence-corrected chi connectivity index (χ1v) is 6.99. The highest BCUT2D eigenvalue weighted by atomic mass is 32.2. The van der Waals surface area contributed by atoms with Gasteiger partial charge >= 0.3 is 0 Å². The van der Waals surface area contributed by atoms with Crippen molar-refractivity contribution >= 4 is 27.4 Å². The predicted molar refractivity (Wildman–Crippen MR) is 71.8 cm³/mol. The molecule has 0 saturated carbocycles. The van der Waals surface area contributed by atoms with Gasteiger partial charge in [-0.1, -0.05) is 18.2 Å². The summed E-state index contributed by atoms with van der Waals surface area (Å²) in [5.41, 5.74) is 2.68. The zero-order valence-corrected chi connectivity index (χ0v) is 9.96. The van der Waals surface area contributed by atoms with E-state index >= 15 is 0 Å². The number of H-pyrrole nitrogens is 1. The van der Waals surface area contributed by atoms with Crippen LogP contribution in [0, 0.1) is 0 Å². The Kier molecular flexibility index (Phi) is 2.12. The first kappa shape index (κ1) is 10.2. The predicted octanol–water partition coefficient (Wildman–Crippen LogP) is 2.11. The van der Waals surface area contributed by atoms with Crippen LogP contribution in [0.15, 0.2) is 47.5 Å². The molecule has 2 heterocycles. The summed E-state index contributed by atoms with van der Waals surface area (Å²) in [6.07, 6.45) is 3.82. The molecule has 86 valence electrons. The van der Waals surface area contributed by atoms with Gasteiger partial charge in [0.2, 0.25) is 0 Å². The van der Waals surface area contributed by atoms with Crippen LogP contribution in [0.5, 0.6) is 0 Å². The number of aromatic amines is 1. The van der Waals surface area contributed by atoms with Crippen molar-refractivity contribution in [2.75, 3.05) is 0 Å². The average Bonchev–Trinajstić information content (AvgIpc) is 2.81. The van der Waals surface area contributed by atoms with Crippen molar-refractivity contribution in [3.05, 3.63) is 53.9 Å². The Morgan fingerprint density at radius 2 is 1.94 bits per heavy atom. The first-order chi connectivity index (χ1) is 8.17. The summed E-state index contributed by atoms with van der Waals surface area (Å²) in [6.45, 7) is 0. The molecule has 1 aromatic heterocycles. The lowest BCUT2D eigenvalue weighted by molar-refractivity contribution is 0.677. The van der Waals surface area contributed by atoms with E-state index in [0.717, 1.165) is 21.8 Å². The minimum Gasteiger partial charge on any atom is -0.360 e. The second-order valence-electron chi connectivity index (χ2n) is 3.96. The number of aromatic nitrogens is 1. The highest BCUT2D eigenvalue weighted by Gasteiger charge is 2.19. The highest BCUT2D eigenvalue weighted by molar-refractivity contribution is 7.99. The lowest BCUT2D eigenvalue weighted by Crippen LogP contribution is -2.26. The third-order valence-electron chi connectivity index (χ3n) is 2.74. The number of fused-ring (bicyclic) bond motifs is 1. The van der Waals surface area contributed by atoms with Crippen molar-refractivity contribution in [3.63, 3.8) is 0 Å². The Labute approximate surface area is 100 Å². The molecule has 0 fully saturated rings. The molecular weight excluding hydrogens is 232 g/mol. The second kappa shape index (κ2) is 3.53. The fourth-order valence-corrected chi connectivity index (χ4v) is 3.39. The summed E-state index contributed by atoms with van der Waals surface area (Å²) >= 11 is 0. The van der Waals surface area contributed by atoms with Crippen LogP contribution in [0.4, 0.5) is 0 Å². The number of benzene rings is 1. The van der Waals surface area contributed by atoms with Gasteiger partial charge in [0.05, 0.1) is 26.0 Å². The zero-order chi connectivity index (χ0) is 11.9. The van der Waals surface area contributed by atoms with E-state index in [-0.39, 0.29) is 0 Å². The highest BCUT2D eigenvalue weighted by Crippen LogP contribution is 2.27. The lowest BCUT2D eigenvalue weighted by Gasteiger charge is -2.22. The molecule has 4 heteroatoms. The Balaban J connectivity index is 2.22. The fourth-order valence-electron chi connectivity index (χ4n) is 1.95. The van der Waals surface area contributed by atoms with E-state index in [1.807, 2.05) is 48.7 Å². The van der Waals surface area contributed by atoms with Crippen LogP contribution < -0.4 is 4.72 Å². The maximum Gasteiger partial charge on any atom is 0.0745 e. The van der Waals surface area contributed by atoms with E-state index in [4.69, 9.17) is 0 Å². The summed E-state index contributed by atoms with van der Waals surface area (Å²) < 4.78 is 15.5. The Morgan fingerprint density at radius 1 is 1.12 bits per heavy atom. The van der Waals surface area contributed by atoms with E-state index in [1.165, 1.54) is 0 Å². The smallest absolute Gasteiger partial charge is 0.0745 e. The van der Waals surface area contributed by atoms with E-state index < -0.39 is 9.71 Å². The van der Waals surface area contributed by atoms with Crippen LogP contribution in [0.25, 0.3) is 11.8 Å². The monoisotopic (exact) mass is 244 g/mol. The molecule has 0 amide bonds. The van der Waals surface area contributed by atoms with Gasteiger partial charge in [-0.15, -0.1) is 0 Å². The van der Waals surface area contributed by atoms with E-state index in [1.54, 1.807) is 0 Å². The molecule has 1 aliphatic heterocycles. The zero-order valence-electron chi connectivity index (χ0n) is 9.14. The summed E-state index contributed by atoms with van der Waals surface area (Å²) in [4.78, 5) is 3.85. The van der Waals surface area contributed by atoms with Crippen LogP contribution in [0.1, 0.15) is 11.3 Å². The molecule has 0 spiro atoms. The van der Waals surface area contributed by atoms with Crippen LogP contribution in [-0.2, 0) is 9.71 Å². The van der Waals surface area contributed by atoms with Crippen LogP contribution >= 0.6 is 0 Å². The van der Waals surface area contributed by atoms with Crippen LogP contribution in [0.3, 0.4) is 0 Å². The third kappa shape index (κ3) is 1.66. The molecule has 0 bridgehead atoms. The Bertz CT molecular complexity index is 682. The molecule has 3 rings (SSSR count). The number of rotatable bonds is 1. The number of hydrogen-bond donors (Lipinski definition) is 2. The SMILES string of the molecule is C=S1(=O)NC(c2ccc[nH]2)=Cc2ccccc21. The number of nitrogens with one attached hydrogen (secondary N) is 2. The first-order valence-electron chi connectivity index (χ1n) is 5.26. The molecule has 0 aliphatic carbocycles. The summed E-state index contributed by atoms with van der Waals surface area (Å²) in [7, 11) is -2.46. The van der Waals surface area contributed by atoms with Gasteiger partial charge in [-0.2, -0.15) is 0 Å². The lowest BCUT2D eigenvalue weighted by atomic mass is 10.1. The maximum atomic E-state index is 12.5. The Hall–Kier alpha value is -1.94. The largest absolute Gasteiger partial charge is 0.360 e. The van der Waals surface area contributed by atoms with E-state index in [2.05, 4.69) is 15.6 Å². The second-order valence-corrected chi connectivity index (χ2v) is 5.95. The van der Waals surface area contributed by atoms with E-state index in [9.17, 15) is 4.21 Å². The molecule has 1 aromatic carbocycles. The summed E-state index contributed by atoms with van der Waals surface area (Å²) in [5.74, 6) is 3.79. The van der Waals surface area contributed by atoms with Gasteiger partial charge in [-0.05, 0) is 35.7 Å². The molecule has 0 saturated heterocycles. The topological polar surface area (TPSA) is 44.9 Å². The third-order valence-corrected chi connectivity index (χ3v) is 4.37. The molecule has 2 N–H and O–H groups in total. The minimum atomic E-state index is -2.46. The van der Waals surface area contributed by atoms with Gasteiger partial charge < -0.3 is 9.71 Å². The molecule has 17 heavy (non-hydrogen) atoms. The van der Waals surface area contributed by atoms with Gasteiger partial charge in [0, 0.05) is 6.20 Å². The summed E-state index contributed by atoms with van der Waals surface area (Å²) in [6, 6.07) is 11.4. The molecule has 1 atom stereocenters. The van der Waals surface area contributed by atoms with Crippen LogP contribution in [-0.4, -0.2) is 15.1 Å². The standard InChI is InChI=1S/C13H12N2OS/c1-17(16)13-7-3-2-5-10(13)9-12(15-17)11-6-4-8-14-11/h2-9,14H,1H2,(H,15,16). The van der Waals surface area contributed by atoms with Crippen molar-refractivity contribution in [1.82, 2.24) is 9.71 Å². The van der Waals surface area contributed by atoms with Gasteiger partial charge in [0.15, 0.2) is 0 Å². The van der Waals surface area contributed by atoms with Gasteiger partial charge in [0.25, 0.3) is 0 Å².